The minimum absolute atomic E-state index is 0.354. The molecule has 0 aliphatic heterocycles. The normalized spacial score (nSPS) is 10.4. The molecule has 0 radical (unpaired) electrons. The van der Waals surface area contributed by atoms with Gasteiger partial charge < -0.3 is 16.2 Å². The molecule has 0 aliphatic carbocycles. The van der Waals surface area contributed by atoms with Crippen LogP contribution in [0.5, 0.6) is 5.75 Å². The zero-order valence-electron chi connectivity index (χ0n) is 10.7. The SMILES string of the molecule is CCCOc1cc(-n2cc(C(N)=O)cn2)ccc1N. The molecule has 1 aromatic carbocycles. The van der Waals surface area contributed by atoms with Crippen LogP contribution in [0.3, 0.4) is 0 Å². The first-order valence-corrected chi connectivity index (χ1v) is 5.99. The Morgan fingerprint density at radius 3 is 2.89 bits per heavy atom. The first kappa shape index (κ1) is 12.9. The molecule has 0 spiro atoms. The summed E-state index contributed by atoms with van der Waals surface area (Å²) in [5.74, 6) is 0.0969. The Morgan fingerprint density at radius 2 is 2.26 bits per heavy atom. The number of aromatic nitrogens is 2. The molecule has 100 valence electrons. The number of nitrogens with zero attached hydrogens (tertiary/aromatic N) is 2. The number of benzene rings is 1. The lowest BCUT2D eigenvalue weighted by Crippen LogP contribution is -2.09. The van der Waals surface area contributed by atoms with Gasteiger partial charge in [0.05, 0.1) is 29.7 Å². The largest absolute Gasteiger partial charge is 0.491 e. The quantitative estimate of drug-likeness (QED) is 0.793. The first-order chi connectivity index (χ1) is 9.11. The molecular weight excluding hydrogens is 244 g/mol. The standard InChI is InChI=1S/C13H16N4O2/c1-2-5-19-12-6-10(3-4-11(12)14)17-8-9(7-16-17)13(15)18/h3-4,6-8H,2,5,14H2,1H3,(H2,15,18). The number of primary amides is 1. The second-order valence-corrected chi connectivity index (χ2v) is 4.11. The number of carbonyl (C=O) groups excluding carboxylic acids is 1. The van der Waals surface area contributed by atoms with Gasteiger partial charge in [-0.2, -0.15) is 5.10 Å². The minimum Gasteiger partial charge on any atom is -0.491 e. The maximum Gasteiger partial charge on any atom is 0.251 e. The Labute approximate surface area is 111 Å². The van der Waals surface area contributed by atoms with Gasteiger partial charge in [-0.15, -0.1) is 0 Å². The fourth-order valence-corrected chi connectivity index (χ4v) is 1.59. The van der Waals surface area contributed by atoms with Crippen molar-refractivity contribution < 1.29 is 9.53 Å². The number of rotatable bonds is 5. The van der Waals surface area contributed by atoms with Crippen LogP contribution in [0, 0.1) is 0 Å². The van der Waals surface area contributed by atoms with Crippen LogP contribution in [-0.4, -0.2) is 22.3 Å². The zero-order chi connectivity index (χ0) is 13.8. The maximum atomic E-state index is 11.0. The highest BCUT2D eigenvalue weighted by Crippen LogP contribution is 2.24. The van der Waals surface area contributed by atoms with Crippen molar-refractivity contribution in [1.82, 2.24) is 9.78 Å². The molecule has 0 unspecified atom stereocenters. The van der Waals surface area contributed by atoms with Crippen LogP contribution in [-0.2, 0) is 0 Å². The lowest BCUT2D eigenvalue weighted by molar-refractivity contribution is 0.100. The molecule has 0 fully saturated rings. The fourth-order valence-electron chi connectivity index (χ4n) is 1.59. The molecular formula is C13H16N4O2. The highest BCUT2D eigenvalue weighted by molar-refractivity contribution is 5.92. The zero-order valence-corrected chi connectivity index (χ0v) is 10.7. The average molecular weight is 260 g/mol. The van der Waals surface area contributed by atoms with Crippen molar-refractivity contribution in [2.45, 2.75) is 13.3 Å². The van der Waals surface area contributed by atoms with Gasteiger partial charge in [-0.3, -0.25) is 4.79 Å². The number of carbonyl (C=O) groups is 1. The number of hydrogen-bond donors (Lipinski definition) is 2. The van der Waals surface area contributed by atoms with E-state index in [-0.39, 0.29) is 0 Å². The highest BCUT2D eigenvalue weighted by Gasteiger charge is 2.08. The van der Waals surface area contributed by atoms with Crippen molar-refractivity contribution in [3.8, 4) is 11.4 Å². The Morgan fingerprint density at radius 1 is 1.47 bits per heavy atom. The van der Waals surface area contributed by atoms with Crippen LogP contribution in [0.4, 0.5) is 5.69 Å². The van der Waals surface area contributed by atoms with Gasteiger partial charge in [0.1, 0.15) is 5.75 Å². The number of nitrogens with two attached hydrogens (primary N) is 2. The van der Waals surface area contributed by atoms with Crippen LogP contribution in [0.25, 0.3) is 5.69 Å². The second kappa shape index (κ2) is 5.43. The van der Waals surface area contributed by atoms with E-state index in [0.717, 1.165) is 12.1 Å². The van der Waals surface area contributed by atoms with Crippen molar-refractivity contribution in [2.24, 2.45) is 5.73 Å². The summed E-state index contributed by atoms with van der Waals surface area (Å²) < 4.78 is 7.10. The van der Waals surface area contributed by atoms with Gasteiger partial charge in [0.25, 0.3) is 5.91 Å². The summed E-state index contributed by atoms with van der Waals surface area (Å²) >= 11 is 0. The molecule has 1 amide bonds. The maximum absolute atomic E-state index is 11.0. The van der Waals surface area contributed by atoms with E-state index in [2.05, 4.69) is 5.10 Å². The smallest absolute Gasteiger partial charge is 0.251 e. The molecule has 1 aromatic heterocycles. The molecule has 0 bridgehead atoms. The van der Waals surface area contributed by atoms with E-state index in [1.54, 1.807) is 29.1 Å². The Kier molecular flexibility index (Phi) is 3.70. The Bertz CT molecular complexity index is 592. The molecule has 4 N–H and O–H groups in total. The second-order valence-electron chi connectivity index (χ2n) is 4.11. The summed E-state index contributed by atoms with van der Waals surface area (Å²) in [5.41, 5.74) is 12.7. The third kappa shape index (κ3) is 2.85. The lowest BCUT2D eigenvalue weighted by atomic mass is 10.2. The van der Waals surface area contributed by atoms with Crippen LogP contribution >= 0.6 is 0 Å². The molecule has 0 saturated carbocycles. The lowest BCUT2D eigenvalue weighted by Gasteiger charge is -2.10. The molecule has 2 aromatic rings. The highest BCUT2D eigenvalue weighted by atomic mass is 16.5. The number of hydrogen-bond acceptors (Lipinski definition) is 4. The van der Waals surface area contributed by atoms with Gasteiger partial charge in [-0.25, -0.2) is 4.68 Å². The fraction of sp³-hybridized carbons (Fsp3) is 0.231. The van der Waals surface area contributed by atoms with Gasteiger partial charge in [0.2, 0.25) is 0 Å². The van der Waals surface area contributed by atoms with Crippen LogP contribution in [0.1, 0.15) is 23.7 Å². The van der Waals surface area contributed by atoms with Crippen LogP contribution < -0.4 is 16.2 Å². The summed E-state index contributed by atoms with van der Waals surface area (Å²) in [4.78, 5) is 11.0. The summed E-state index contributed by atoms with van der Waals surface area (Å²) in [6.45, 7) is 2.62. The average Bonchev–Trinajstić information content (AvgIpc) is 2.87. The molecule has 2 rings (SSSR count). The van der Waals surface area contributed by atoms with E-state index in [9.17, 15) is 4.79 Å². The van der Waals surface area contributed by atoms with Crippen LogP contribution in [0.2, 0.25) is 0 Å². The number of nitrogen functional groups attached to an aromatic ring is 1. The van der Waals surface area contributed by atoms with E-state index in [0.29, 0.717) is 23.6 Å². The summed E-state index contributed by atoms with van der Waals surface area (Å²) in [6.07, 6.45) is 3.89. The summed E-state index contributed by atoms with van der Waals surface area (Å²) in [5, 5.41) is 4.08. The summed E-state index contributed by atoms with van der Waals surface area (Å²) in [7, 11) is 0. The van der Waals surface area contributed by atoms with Gasteiger partial charge >= 0.3 is 0 Å². The number of amides is 1. The third-order valence-corrected chi connectivity index (χ3v) is 2.59. The molecule has 0 aliphatic rings. The van der Waals surface area contributed by atoms with E-state index in [4.69, 9.17) is 16.2 Å². The molecule has 0 atom stereocenters. The topological polar surface area (TPSA) is 96.2 Å². The van der Waals surface area contributed by atoms with Crippen molar-refractivity contribution in [1.29, 1.82) is 0 Å². The molecule has 1 heterocycles. The van der Waals surface area contributed by atoms with Crippen LogP contribution in [0.15, 0.2) is 30.6 Å². The first-order valence-electron chi connectivity index (χ1n) is 5.99. The van der Waals surface area contributed by atoms with Crippen molar-refractivity contribution >= 4 is 11.6 Å². The van der Waals surface area contributed by atoms with E-state index in [1.165, 1.54) is 6.20 Å². The van der Waals surface area contributed by atoms with Gasteiger partial charge in [-0.1, -0.05) is 6.92 Å². The minimum atomic E-state index is -0.510. The molecule has 19 heavy (non-hydrogen) atoms. The number of ether oxygens (including phenoxy) is 1. The van der Waals surface area contributed by atoms with Gasteiger partial charge in [0.15, 0.2) is 0 Å². The monoisotopic (exact) mass is 260 g/mol. The molecule has 6 heteroatoms. The van der Waals surface area contributed by atoms with Gasteiger partial charge in [0, 0.05) is 12.3 Å². The predicted molar refractivity (Wildman–Crippen MR) is 72.3 cm³/mol. The predicted octanol–water partition coefficient (Wildman–Crippen LogP) is 1.34. The summed E-state index contributed by atoms with van der Waals surface area (Å²) in [6, 6.07) is 5.32. The molecule has 0 saturated heterocycles. The Balaban J connectivity index is 2.31. The Hall–Kier alpha value is -2.50. The number of anilines is 1. The van der Waals surface area contributed by atoms with Crippen molar-refractivity contribution in [3.63, 3.8) is 0 Å². The van der Waals surface area contributed by atoms with Crippen molar-refractivity contribution in [2.75, 3.05) is 12.3 Å². The van der Waals surface area contributed by atoms with Crippen molar-refractivity contribution in [3.05, 3.63) is 36.2 Å². The van der Waals surface area contributed by atoms with Gasteiger partial charge in [-0.05, 0) is 18.6 Å². The molecule has 6 nitrogen and oxygen atoms in total. The van der Waals surface area contributed by atoms with E-state index >= 15 is 0 Å². The van der Waals surface area contributed by atoms with E-state index in [1.807, 2.05) is 6.92 Å². The third-order valence-electron chi connectivity index (χ3n) is 2.59. The van der Waals surface area contributed by atoms with E-state index < -0.39 is 5.91 Å².